The van der Waals surface area contributed by atoms with Crippen molar-refractivity contribution in [3.63, 3.8) is 0 Å². The van der Waals surface area contributed by atoms with Gasteiger partial charge in [0.05, 0.1) is 0 Å². The zero-order chi connectivity index (χ0) is 14.8. The first-order valence-electron chi connectivity index (χ1n) is 6.59. The molecule has 1 fully saturated rings. The second kappa shape index (κ2) is 6.35. The van der Waals surface area contributed by atoms with Crippen LogP contribution in [0.3, 0.4) is 0 Å². The molecule has 0 saturated carbocycles. The van der Waals surface area contributed by atoms with Crippen molar-refractivity contribution in [2.24, 2.45) is 5.92 Å². The summed E-state index contributed by atoms with van der Waals surface area (Å²) in [6.07, 6.45) is -2.38. The van der Waals surface area contributed by atoms with Gasteiger partial charge >= 0.3 is 6.36 Å². The third kappa shape index (κ3) is 4.98. The number of ether oxygens (including phenoxy) is 1. The molecule has 1 aromatic rings. The Hall–Kier alpha value is -0.750. The number of hydrogen-bond donors (Lipinski definition) is 0. The van der Waals surface area contributed by atoms with E-state index in [9.17, 15) is 13.2 Å². The lowest BCUT2D eigenvalue weighted by molar-refractivity contribution is -0.274. The summed E-state index contributed by atoms with van der Waals surface area (Å²) in [6, 6.07) is 4.62. The van der Waals surface area contributed by atoms with Gasteiger partial charge in [-0.05, 0) is 55.6 Å². The zero-order valence-corrected chi connectivity index (χ0v) is 12.8. The minimum absolute atomic E-state index is 0.174. The Morgan fingerprint density at radius 3 is 2.50 bits per heavy atom. The van der Waals surface area contributed by atoms with Crippen LogP contribution in [0.15, 0.2) is 22.7 Å². The SMILES string of the molecule is CC1CCN(Cc2cc(Br)cc(OC(F)(F)F)c2)CC1. The highest BCUT2D eigenvalue weighted by molar-refractivity contribution is 9.10. The number of piperidine rings is 1. The Kier molecular flexibility index (Phi) is 4.96. The molecular weight excluding hydrogens is 335 g/mol. The Labute approximate surface area is 125 Å². The number of hydrogen-bond acceptors (Lipinski definition) is 2. The summed E-state index contributed by atoms with van der Waals surface area (Å²) in [7, 11) is 0. The van der Waals surface area contributed by atoms with Crippen LogP contribution in [0.25, 0.3) is 0 Å². The minimum atomic E-state index is -4.65. The number of benzene rings is 1. The van der Waals surface area contributed by atoms with E-state index >= 15 is 0 Å². The fraction of sp³-hybridized carbons (Fsp3) is 0.571. The van der Waals surface area contributed by atoms with Gasteiger partial charge in [0.2, 0.25) is 0 Å². The molecule has 0 N–H and O–H groups in total. The zero-order valence-electron chi connectivity index (χ0n) is 11.2. The van der Waals surface area contributed by atoms with Gasteiger partial charge in [-0.2, -0.15) is 0 Å². The molecule has 1 heterocycles. The summed E-state index contributed by atoms with van der Waals surface area (Å²) < 4.78 is 41.4. The third-order valence-electron chi connectivity index (χ3n) is 3.45. The van der Waals surface area contributed by atoms with Crippen molar-refractivity contribution in [1.29, 1.82) is 0 Å². The summed E-state index contributed by atoms with van der Waals surface area (Å²) in [4.78, 5) is 2.26. The summed E-state index contributed by atoms with van der Waals surface area (Å²) in [5.41, 5.74) is 0.827. The van der Waals surface area contributed by atoms with Crippen LogP contribution < -0.4 is 4.74 Å². The molecule has 0 aromatic heterocycles. The van der Waals surface area contributed by atoms with Gasteiger partial charge in [-0.1, -0.05) is 22.9 Å². The molecule has 0 unspecified atom stereocenters. The molecule has 0 amide bonds. The lowest BCUT2D eigenvalue weighted by Crippen LogP contribution is -2.32. The van der Waals surface area contributed by atoms with E-state index in [1.807, 2.05) is 6.07 Å². The highest BCUT2D eigenvalue weighted by Crippen LogP contribution is 2.28. The van der Waals surface area contributed by atoms with Crippen molar-refractivity contribution in [3.8, 4) is 5.75 Å². The van der Waals surface area contributed by atoms with E-state index in [-0.39, 0.29) is 5.75 Å². The molecule has 1 saturated heterocycles. The molecule has 0 aliphatic carbocycles. The van der Waals surface area contributed by atoms with Crippen LogP contribution in [-0.2, 0) is 6.54 Å². The van der Waals surface area contributed by atoms with Crippen LogP contribution in [-0.4, -0.2) is 24.4 Å². The summed E-state index contributed by atoms with van der Waals surface area (Å²) in [6.45, 7) is 4.86. The van der Waals surface area contributed by atoms with Crippen LogP contribution in [0.4, 0.5) is 13.2 Å². The predicted molar refractivity (Wildman–Crippen MR) is 74.5 cm³/mol. The van der Waals surface area contributed by atoms with E-state index in [2.05, 4.69) is 32.5 Å². The van der Waals surface area contributed by atoms with Crippen molar-refractivity contribution >= 4 is 15.9 Å². The van der Waals surface area contributed by atoms with Crippen molar-refractivity contribution < 1.29 is 17.9 Å². The van der Waals surface area contributed by atoms with Crippen molar-refractivity contribution in [2.75, 3.05) is 13.1 Å². The van der Waals surface area contributed by atoms with Crippen molar-refractivity contribution in [1.82, 2.24) is 4.90 Å². The second-order valence-corrected chi connectivity index (χ2v) is 6.22. The van der Waals surface area contributed by atoms with Crippen LogP contribution >= 0.6 is 15.9 Å². The van der Waals surface area contributed by atoms with Crippen LogP contribution in [0.2, 0.25) is 0 Å². The van der Waals surface area contributed by atoms with Gasteiger partial charge in [0.1, 0.15) is 5.75 Å². The van der Waals surface area contributed by atoms with E-state index in [4.69, 9.17) is 0 Å². The Bertz CT molecular complexity index is 456. The number of halogens is 4. The summed E-state index contributed by atoms with van der Waals surface area (Å²) >= 11 is 3.23. The first-order chi connectivity index (χ1) is 9.32. The lowest BCUT2D eigenvalue weighted by Gasteiger charge is -2.30. The molecule has 0 radical (unpaired) electrons. The number of likely N-dealkylation sites (tertiary alicyclic amines) is 1. The standard InChI is InChI=1S/C14H17BrF3NO/c1-10-2-4-19(5-3-10)9-11-6-12(15)8-13(7-11)20-14(16,17)18/h6-8,10H,2-5,9H2,1H3. The quantitative estimate of drug-likeness (QED) is 0.790. The summed E-state index contributed by atoms with van der Waals surface area (Å²) in [5, 5.41) is 0. The molecule has 0 atom stereocenters. The van der Waals surface area contributed by atoms with Crippen molar-refractivity contribution in [2.45, 2.75) is 32.7 Å². The van der Waals surface area contributed by atoms with Crippen LogP contribution in [0, 0.1) is 5.92 Å². The molecule has 0 bridgehead atoms. The van der Waals surface area contributed by atoms with Gasteiger partial charge in [-0.25, -0.2) is 0 Å². The molecular formula is C14H17BrF3NO. The average Bonchev–Trinajstić information content (AvgIpc) is 2.29. The second-order valence-electron chi connectivity index (χ2n) is 5.30. The van der Waals surface area contributed by atoms with E-state index in [0.717, 1.165) is 37.4 Å². The number of nitrogens with zero attached hydrogens (tertiary/aromatic N) is 1. The topological polar surface area (TPSA) is 12.5 Å². The first-order valence-corrected chi connectivity index (χ1v) is 7.39. The van der Waals surface area contributed by atoms with Gasteiger partial charge in [0.15, 0.2) is 0 Å². The average molecular weight is 352 g/mol. The van der Waals surface area contributed by atoms with Crippen LogP contribution in [0.1, 0.15) is 25.3 Å². The van der Waals surface area contributed by atoms with Gasteiger partial charge in [-0.3, -0.25) is 4.90 Å². The maximum absolute atomic E-state index is 12.3. The van der Waals surface area contributed by atoms with Crippen molar-refractivity contribution in [3.05, 3.63) is 28.2 Å². The summed E-state index contributed by atoms with van der Waals surface area (Å²) in [5.74, 6) is 0.560. The van der Waals surface area contributed by atoms with Gasteiger partial charge < -0.3 is 4.74 Å². The van der Waals surface area contributed by atoms with E-state index in [1.165, 1.54) is 12.1 Å². The monoisotopic (exact) mass is 351 g/mol. The molecule has 6 heteroatoms. The molecule has 0 spiro atoms. The third-order valence-corrected chi connectivity index (χ3v) is 3.90. The van der Waals surface area contributed by atoms with E-state index in [0.29, 0.717) is 11.0 Å². The fourth-order valence-electron chi connectivity index (χ4n) is 2.38. The Morgan fingerprint density at radius 1 is 1.25 bits per heavy atom. The van der Waals surface area contributed by atoms with Crippen LogP contribution in [0.5, 0.6) is 5.75 Å². The number of alkyl halides is 3. The van der Waals surface area contributed by atoms with Gasteiger partial charge in [0, 0.05) is 11.0 Å². The smallest absolute Gasteiger partial charge is 0.406 e. The molecule has 112 valence electrons. The Balaban J connectivity index is 2.04. The molecule has 1 aliphatic rings. The largest absolute Gasteiger partial charge is 0.573 e. The number of rotatable bonds is 3. The van der Waals surface area contributed by atoms with Gasteiger partial charge in [0.25, 0.3) is 0 Å². The van der Waals surface area contributed by atoms with E-state index in [1.54, 1.807) is 0 Å². The molecule has 2 nitrogen and oxygen atoms in total. The first kappa shape index (κ1) is 15.6. The van der Waals surface area contributed by atoms with E-state index < -0.39 is 6.36 Å². The molecule has 1 aromatic carbocycles. The normalized spacial score (nSPS) is 18.2. The molecule has 2 rings (SSSR count). The minimum Gasteiger partial charge on any atom is -0.406 e. The molecule has 20 heavy (non-hydrogen) atoms. The lowest BCUT2D eigenvalue weighted by atomic mass is 9.99. The maximum Gasteiger partial charge on any atom is 0.573 e. The fourth-order valence-corrected chi connectivity index (χ4v) is 2.90. The maximum atomic E-state index is 12.3. The predicted octanol–water partition coefficient (Wildman–Crippen LogP) is 4.58. The van der Waals surface area contributed by atoms with Gasteiger partial charge in [-0.15, -0.1) is 13.2 Å². The Morgan fingerprint density at radius 2 is 1.90 bits per heavy atom. The molecule has 1 aliphatic heterocycles. The highest BCUT2D eigenvalue weighted by Gasteiger charge is 2.31. The highest BCUT2D eigenvalue weighted by atomic mass is 79.9.